The molecule has 4 heteroatoms. The third-order valence-corrected chi connectivity index (χ3v) is 1.70. The molecule has 1 N–H and O–H groups in total. The van der Waals surface area contributed by atoms with Gasteiger partial charge in [-0.1, -0.05) is 11.8 Å². The van der Waals surface area contributed by atoms with E-state index in [0.717, 1.165) is 0 Å². The predicted octanol–water partition coefficient (Wildman–Crippen LogP) is 0.127. The van der Waals surface area contributed by atoms with E-state index in [1.165, 1.54) is 11.1 Å². The first-order chi connectivity index (χ1) is 7.15. The molecule has 15 heavy (non-hydrogen) atoms. The molecule has 0 fully saturated rings. The van der Waals surface area contributed by atoms with Gasteiger partial charge in [-0.25, -0.2) is 4.98 Å². The van der Waals surface area contributed by atoms with Crippen molar-refractivity contribution in [2.75, 3.05) is 20.7 Å². The van der Waals surface area contributed by atoms with Gasteiger partial charge in [-0.2, -0.15) is 0 Å². The van der Waals surface area contributed by atoms with E-state index in [9.17, 15) is 4.79 Å². The largest absolute Gasteiger partial charge is 0.384 e. The number of carbonyl (C=O) groups excluding carboxylic acids is 1. The van der Waals surface area contributed by atoms with Crippen molar-refractivity contribution in [1.82, 2.24) is 9.88 Å². The van der Waals surface area contributed by atoms with Crippen LogP contribution < -0.4 is 0 Å². The fraction of sp³-hybridized carbons (Fsp3) is 0.273. The summed E-state index contributed by atoms with van der Waals surface area (Å²) in [4.78, 5) is 16.9. The van der Waals surface area contributed by atoms with Crippen molar-refractivity contribution in [2.45, 2.75) is 0 Å². The second kappa shape index (κ2) is 5.13. The summed E-state index contributed by atoms with van der Waals surface area (Å²) in [7, 11) is 3.34. The van der Waals surface area contributed by atoms with Crippen LogP contribution in [-0.4, -0.2) is 41.6 Å². The van der Waals surface area contributed by atoms with Crippen LogP contribution in [0.15, 0.2) is 18.3 Å². The van der Waals surface area contributed by atoms with E-state index in [-0.39, 0.29) is 12.5 Å². The summed E-state index contributed by atoms with van der Waals surface area (Å²) in [5.41, 5.74) is 1.06. The Morgan fingerprint density at radius 1 is 1.53 bits per heavy atom. The van der Waals surface area contributed by atoms with Crippen molar-refractivity contribution in [3.8, 4) is 11.8 Å². The Morgan fingerprint density at radius 3 is 2.73 bits per heavy atom. The van der Waals surface area contributed by atoms with E-state index in [0.29, 0.717) is 11.3 Å². The first-order valence-corrected chi connectivity index (χ1v) is 4.42. The van der Waals surface area contributed by atoms with Gasteiger partial charge in [0.25, 0.3) is 5.91 Å². The maximum absolute atomic E-state index is 11.5. The van der Waals surface area contributed by atoms with Crippen LogP contribution in [0.25, 0.3) is 0 Å². The number of rotatable bonds is 1. The van der Waals surface area contributed by atoms with Crippen LogP contribution in [0.1, 0.15) is 16.1 Å². The lowest BCUT2D eigenvalue weighted by Gasteiger charge is -2.08. The van der Waals surface area contributed by atoms with Crippen LogP contribution in [0.4, 0.5) is 0 Å². The monoisotopic (exact) mass is 204 g/mol. The molecular formula is C11H12N2O2. The molecule has 0 unspecified atom stereocenters. The number of aromatic nitrogens is 1. The van der Waals surface area contributed by atoms with E-state index < -0.39 is 0 Å². The number of pyridine rings is 1. The molecule has 78 valence electrons. The molecule has 1 aromatic rings. The average molecular weight is 204 g/mol. The van der Waals surface area contributed by atoms with E-state index in [1.54, 1.807) is 26.2 Å². The molecule has 1 rings (SSSR count). The van der Waals surface area contributed by atoms with Crippen molar-refractivity contribution >= 4 is 5.91 Å². The van der Waals surface area contributed by atoms with Gasteiger partial charge in [0.05, 0.1) is 0 Å². The van der Waals surface area contributed by atoms with E-state index in [2.05, 4.69) is 16.8 Å². The zero-order valence-electron chi connectivity index (χ0n) is 8.69. The summed E-state index contributed by atoms with van der Waals surface area (Å²) in [5, 5.41) is 8.49. The van der Waals surface area contributed by atoms with Crippen LogP contribution in [0.2, 0.25) is 0 Å². The van der Waals surface area contributed by atoms with Crippen molar-refractivity contribution in [2.24, 2.45) is 0 Å². The lowest BCUT2D eigenvalue weighted by atomic mass is 10.2. The van der Waals surface area contributed by atoms with Crippen molar-refractivity contribution in [3.05, 3.63) is 29.6 Å². The lowest BCUT2D eigenvalue weighted by Crippen LogP contribution is -2.22. The number of amides is 1. The zero-order valence-corrected chi connectivity index (χ0v) is 8.69. The highest BCUT2D eigenvalue weighted by molar-refractivity contribution is 5.91. The van der Waals surface area contributed by atoms with E-state index in [1.807, 2.05) is 0 Å². The smallest absolute Gasteiger partial charge is 0.271 e. The third-order valence-electron chi connectivity index (χ3n) is 1.70. The number of hydrogen-bond acceptors (Lipinski definition) is 3. The topological polar surface area (TPSA) is 53.4 Å². The van der Waals surface area contributed by atoms with Gasteiger partial charge in [-0.3, -0.25) is 4.79 Å². The Balaban J connectivity index is 2.85. The second-order valence-corrected chi connectivity index (χ2v) is 3.09. The highest BCUT2D eigenvalue weighted by Gasteiger charge is 2.07. The van der Waals surface area contributed by atoms with Crippen LogP contribution >= 0.6 is 0 Å². The molecule has 0 spiro atoms. The van der Waals surface area contributed by atoms with E-state index in [4.69, 9.17) is 5.11 Å². The number of nitrogens with zero attached hydrogens (tertiary/aromatic N) is 2. The van der Waals surface area contributed by atoms with Crippen molar-refractivity contribution in [3.63, 3.8) is 0 Å². The van der Waals surface area contributed by atoms with Gasteiger partial charge in [0.1, 0.15) is 12.3 Å². The number of aliphatic hydroxyl groups excluding tert-OH is 1. The minimum absolute atomic E-state index is 0.142. The molecule has 0 saturated carbocycles. The van der Waals surface area contributed by atoms with Crippen LogP contribution in [0.5, 0.6) is 0 Å². The predicted molar refractivity (Wildman–Crippen MR) is 56.2 cm³/mol. The van der Waals surface area contributed by atoms with Crippen molar-refractivity contribution < 1.29 is 9.90 Å². The summed E-state index contributed by atoms with van der Waals surface area (Å²) in [5.74, 6) is 5.07. The number of aliphatic hydroxyl groups is 1. The summed E-state index contributed by atoms with van der Waals surface area (Å²) >= 11 is 0. The standard InChI is InChI=1S/C11H12N2O2/c1-13(2)11(15)10-6-5-9(8-12-10)4-3-7-14/h5-6,8,14H,7H2,1-2H3. The molecule has 0 bridgehead atoms. The number of carbonyl (C=O) groups is 1. The molecule has 0 aliphatic heterocycles. The van der Waals surface area contributed by atoms with Gasteiger partial charge >= 0.3 is 0 Å². The minimum Gasteiger partial charge on any atom is -0.384 e. The van der Waals surface area contributed by atoms with Crippen LogP contribution in [0.3, 0.4) is 0 Å². The molecule has 1 heterocycles. The normalized spacial score (nSPS) is 9.00. The summed E-state index contributed by atoms with van der Waals surface area (Å²) in [6.45, 7) is -0.182. The molecule has 1 aromatic heterocycles. The molecule has 0 atom stereocenters. The maximum Gasteiger partial charge on any atom is 0.271 e. The molecular weight excluding hydrogens is 192 g/mol. The first-order valence-electron chi connectivity index (χ1n) is 4.42. The molecule has 0 radical (unpaired) electrons. The fourth-order valence-corrected chi connectivity index (χ4v) is 0.965. The summed E-state index contributed by atoms with van der Waals surface area (Å²) in [6, 6.07) is 3.32. The number of hydrogen-bond donors (Lipinski definition) is 1. The van der Waals surface area contributed by atoms with Gasteiger partial charge in [-0.15, -0.1) is 0 Å². The molecule has 0 aromatic carbocycles. The third kappa shape index (κ3) is 3.08. The van der Waals surface area contributed by atoms with Crippen molar-refractivity contribution in [1.29, 1.82) is 0 Å². The lowest BCUT2D eigenvalue weighted by molar-refractivity contribution is 0.0822. The Morgan fingerprint density at radius 2 is 2.27 bits per heavy atom. The summed E-state index contributed by atoms with van der Waals surface area (Å²) < 4.78 is 0. The molecule has 0 aliphatic rings. The quantitative estimate of drug-likeness (QED) is 0.661. The molecule has 1 amide bonds. The maximum atomic E-state index is 11.5. The van der Waals surface area contributed by atoms with E-state index >= 15 is 0 Å². The second-order valence-electron chi connectivity index (χ2n) is 3.09. The fourth-order valence-electron chi connectivity index (χ4n) is 0.965. The van der Waals surface area contributed by atoms with Crippen LogP contribution in [-0.2, 0) is 0 Å². The molecule has 0 aliphatic carbocycles. The van der Waals surface area contributed by atoms with Gasteiger partial charge in [0.15, 0.2) is 0 Å². The zero-order chi connectivity index (χ0) is 11.3. The first kappa shape index (κ1) is 11.2. The highest BCUT2D eigenvalue weighted by atomic mass is 16.2. The Bertz CT molecular complexity index is 399. The highest BCUT2D eigenvalue weighted by Crippen LogP contribution is 2.01. The van der Waals surface area contributed by atoms with Gasteiger partial charge in [-0.05, 0) is 12.1 Å². The Kier molecular flexibility index (Phi) is 3.83. The Hall–Kier alpha value is -1.86. The average Bonchev–Trinajstić information content (AvgIpc) is 2.26. The van der Waals surface area contributed by atoms with Gasteiger partial charge < -0.3 is 10.0 Å². The van der Waals surface area contributed by atoms with Gasteiger partial charge in [0.2, 0.25) is 0 Å². The summed E-state index contributed by atoms with van der Waals surface area (Å²) in [6.07, 6.45) is 1.51. The molecule has 0 saturated heterocycles. The SMILES string of the molecule is CN(C)C(=O)c1ccc(C#CCO)cn1. The Labute approximate surface area is 88.6 Å². The van der Waals surface area contributed by atoms with Gasteiger partial charge in [0, 0.05) is 25.9 Å². The molecule has 4 nitrogen and oxygen atoms in total. The minimum atomic E-state index is -0.182. The van der Waals surface area contributed by atoms with Crippen LogP contribution in [0, 0.1) is 11.8 Å².